The van der Waals surface area contributed by atoms with Crippen molar-refractivity contribution in [3.8, 4) is 5.75 Å². The number of nitrogens with zero attached hydrogens (tertiary/aromatic N) is 1. The Hall–Kier alpha value is -1.33. The van der Waals surface area contributed by atoms with Crippen LogP contribution in [-0.2, 0) is 6.54 Å². The molecule has 0 aliphatic carbocycles. The van der Waals surface area contributed by atoms with Crippen LogP contribution in [0.4, 0.5) is 22.0 Å². The molecule has 0 bridgehead atoms. The summed E-state index contributed by atoms with van der Waals surface area (Å²) < 4.78 is 65.3. The molecule has 4 nitrogen and oxygen atoms in total. The van der Waals surface area contributed by atoms with E-state index in [-0.39, 0.29) is 43.0 Å². The molecule has 1 rings (SSSR count). The Labute approximate surface area is 153 Å². The summed E-state index contributed by atoms with van der Waals surface area (Å²) in [5, 5.41) is 5.37. The molecule has 0 radical (unpaired) electrons. The van der Waals surface area contributed by atoms with E-state index in [1.807, 2.05) is 0 Å². The number of aliphatic imine (C=N–C) groups is 1. The van der Waals surface area contributed by atoms with Gasteiger partial charge in [-0.25, -0.2) is 8.78 Å². The van der Waals surface area contributed by atoms with E-state index >= 15 is 0 Å². The zero-order chi connectivity index (χ0) is 17.3. The second-order valence-electron chi connectivity index (χ2n) is 4.57. The minimum Gasteiger partial charge on any atom is -0.488 e. The maximum atomic E-state index is 12.1. The Bertz CT molecular complexity index is 511. The number of hydrogen-bond acceptors (Lipinski definition) is 2. The second-order valence-corrected chi connectivity index (χ2v) is 4.57. The molecule has 10 heteroatoms. The second kappa shape index (κ2) is 11.3. The largest absolute Gasteiger partial charge is 0.488 e. The number of benzene rings is 1. The predicted octanol–water partition coefficient (Wildman–Crippen LogP) is 3.57. The van der Waals surface area contributed by atoms with Crippen LogP contribution in [0.25, 0.3) is 0 Å². The van der Waals surface area contributed by atoms with Crippen molar-refractivity contribution in [2.24, 2.45) is 4.99 Å². The first-order chi connectivity index (χ1) is 10.8. The van der Waals surface area contributed by atoms with Crippen molar-refractivity contribution < 1.29 is 26.7 Å². The summed E-state index contributed by atoms with van der Waals surface area (Å²) in [5.74, 6) is 0.512. The minimum atomic E-state index is -4.23. The van der Waals surface area contributed by atoms with Gasteiger partial charge in [-0.05, 0) is 17.7 Å². The van der Waals surface area contributed by atoms with E-state index in [0.29, 0.717) is 5.75 Å². The number of halogens is 6. The first-order valence-electron chi connectivity index (χ1n) is 6.81. The van der Waals surface area contributed by atoms with Crippen molar-refractivity contribution in [3.63, 3.8) is 0 Å². The number of guanidine groups is 1. The molecule has 0 spiro atoms. The molecule has 1 aromatic carbocycles. The van der Waals surface area contributed by atoms with Gasteiger partial charge >= 0.3 is 6.18 Å². The highest BCUT2D eigenvalue weighted by molar-refractivity contribution is 14.0. The molecule has 0 aliphatic rings. The van der Waals surface area contributed by atoms with Crippen molar-refractivity contribution in [2.45, 2.75) is 25.6 Å². The number of ether oxygens (including phenoxy) is 1. The van der Waals surface area contributed by atoms with Gasteiger partial charge in [0.05, 0.1) is 6.42 Å². The van der Waals surface area contributed by atoms with E-state index in [1.165, 1.54) is 7.05 Å². The molecule has 0 fully saturated rings. The molecule has 0 heterocycles. The molecule has 138 valence electrons. The highest BCUT2D eigenvalue weighted by atomic mass is 127. The lowest BCUT2D eigenvalue weighted by molar-refractivity contribution is -0.132. The van der Waals surface area contributed by atoms with Crippen LogP contribution >= 0.6 is 24.0 Å². The molecule has 1 aromatic rings. The van der Waals surface area contributed by atoms with Crippen molar-refractivity contribution in [3.05, 3.63) is 29.8 Å². The van der Waals surface area contributed by atoms with Crippen LogP contribution in [-0.4, -0.2) is 38.8 Å². The third-order valence-electron chi connectivity index (χ3n) is 2.66. The van der Waals surface area contributed by atoms with Gasteiger partial charge in [0.15, 0.2) is 5.96 Å². The summed E-state index contributed by atoms with van der Waals surface area (Å²) in [6, 6.07) is 6.48. The molecule has 0 aliphatic heterocycles. The van der Waals surface area contributed by atoms with Gasteiger partial charge in [0, 0.05) is 20.1 Å². The Morgan fingerprint density at radius 1 is 1.25 bits per heavy atom. The van der Waals surface area contributed by atoms with Gasteiger partial charge in [-0.2, -0.15) is 13.2 Å². The maximum Gasteiger partial charge on any atom is 0.390 e. The number of nitrogens with one attached hydrogen (secondary N) is 2. The van der Waals surface area contributed by atoms with Crippen LogP contribution in [0.2, 0.25) is 0 Å². The van der Waals surface area contributed by atoms with Crippen molar-refractivity contribution >= 4 is 29.9 Å². The fourth-order valence-corrected chi connectivity index (χ4v) is 1.63. The van der Waals surface area contributed by atoms with Gasteiger partial charge < -0.3 is 15.4 Å². The van der Waals surface area contributed by atoms with Crippen molar-refractivity contribution in [1.29, 1.82) is 0 Å². The maximum absolute atomic E-state index is 12.1. The van der Waals surface area contributed by atoms with E-state index in [0.717, 1.165) is 5.56 Å². The summed E-state index contributed by atoms with van der Waals surface area (Å²) in [6.45, 7) is -0.726. The van der Waals surface area contributed by atoms with Crippen LogP contribution in [0.1, 0.15) is 12.0 Å². The normalized spacial score (nSPS) is 11.9. The third kappa shape index (κ3) is 10.4. The van der Waals surface area contributed by atoms with E-state index < -0.39 is 25.6 Å². The van der Waals surface area contributed by atoms with Gasteiger partial charge in [-0.15, -0.1) is 24.0 Å². The fraction of sp³-hybridized carbons (Fsp3) is 0.500. The fourth-order valence-electron chi connectivity index (χ4n) is 1.63. The lowest BCUT2D eigenvalue weighted by atomic mass is 10.2. The average molecular weight is 467 g/mol. The number of rotatable bonds is 7. The standard InChI is InChI=1S/C14H18F5N3O.HI/c1-20-13(21-6-5-14(17,18)19)22-8-10-3-2-4-11(7-10)23-9-12(15)16;/h2-4,7,12H,5-6,8-9H2,1H3,(H2,20,21,22);1H. The molecule has 0 saturated heterocycles. The summed E-state index contributed by atoms with van der Waals surface area (Å²) in [6.07, 6.45) is -7.76. The molecule has 0 saturated carbocycles. The van der Waals surface area contributed by atoms with Crippen LogP contribution in [0, 0.1) is 0 Å². The summed E-state index contributed by atoms with van der Waals surface area (Å²) in [7, 11) is 1.44. The Morgan fingerprint density at radius 3 is 2.54 bits per heavy atom. The predicted molar refractivity (Wildman–Crippen MR) is 92.2 cm³/mol. The lowest BCUT2D eigenvalue weighted by Gasteiger charge is -2.13. The van der Waals surface area contributed by atoms with E-state index in [1.54, 1.807) is 24.3 Å². The molecule has 24 heavy (non-hydrogen) atoms. The van der Waals surface area contributed by atoms with Crippen molar-refractivity contribution in [1.82, 2.24) is 10.6 Å². The van der Waals surface area contributed by atoms with Gasteiger partial charge in [0.1, 0.15) is 12.4 Å². The van der Waals surface area contributed by atoms with Crippen LogP contribution in [0.3, 0.4) is 0 Å². The van der Waals surface area contributed by atoms with Gasteiger partial charge in [0.2, 0.25) is 0 Å². The highest BCUT2D eigenvalue weighted by Crippen LogP contribution is 2.18. The third-order valence-corrected chi connectivity index (χ3v) is 2.66. The summed E-state index contributed by atoms with van der Waals surface area (Å²) >= 11 is 0. The van der Waals surface area contributed by atoms with Crippen molar-refractivity contribution in [2.75, 3.05) is 20.2 Å². The molecule has 0 unspecified atom stereocenters. The number of hydrogen-bond donors (Lipinski definition) is 2. The quantitative estimate of drug-likeness (QED) is 0.279. The monoisotopic (exact) mass is 467 g/mol. The number of alkyl halides is 5. The van der Waals surface area contributed by atoms with E-state index in [9.17, 15) is 22.0 Å². The Kier molecular flexibility index (Phi) is 10.6. The van der Waals surface area contributed by atoms with Crippen LogP contribution in [0.15, 0.2) is 29.3 Å². The van der Waals surface area contributed by atoms with Crippen LogP contribution in [0.5, 0.6) is 5.75 Å². The molecule has 0 amide bonds. The Balaban J connectivity index is 0.00000529. The van der Waals surface area contributed by atoms with Crippen LogP contribution < -0.4 is 15.4 Å². The zero-order valence-electron chi connectivity index (χ0n) is 12.9. The molecule has 0 aromatic heterocycles. The van der Waals surface area contributed by atoms with E-state index in [4.69, 9.17) is 4.74 Å². The summed E-state index contributed by atoms with van der Waals surface area (Å²) in [5.41, 5.74) is 0.718. The lowest BCUT2D eigenvalue weighted by Crippen LogP contribution is -2.38. The minimum absolute atomic E-state index is 0. The van der Waals surface area contributed by atoms with Gasteiger partial charge in [-0.3, -0.25) is 4.99 Å². The first kappa shape index (κ1) is 22.7. The average Bonchev–Trinajstić information content (AvgIpc) is 2.48. The zero-order valence-corrected chi connectivity index (χ0v) is 15.2. The molecule has 0 atom stereocenters. The highest BCUT2D eigenvalue weighted by Gasteiger charge is 2.26. The first-order valence-corrected chi connectivity index (χ1v) is 6.81. The Morgan fingerprint density at radius 2 is 1.96 bits per heavy atom. The topological polar surface area (TPSA) is 45.7 Å². The smallest absolute Gasteiger partial charge is 0.390 e. The molecular weight excluding hydrogens is 448 g/mol. The molecule has 2 N–H and O–H groups in total. The molecular formula is C14H19F5IN3O. The van der Waals surface area contributed by atoms with E-state index in [2.05, 4.69) is 15.6 Å². The summed E-state index contributed by atoms with van der Waals surface area (Å²) in [4.78, 5) is 3.80. The van der Waals surface area contributed by atoms with Gasteiger partial charge in [0.25, 0.3) is 6.43 Å². The van der Waals surface area contributed by atoms with Gasteiger partial charge in [-0.1, -0.05) is 12.1 Å². The SMILES string of the molecule is CN=C(NCCC(F)(F)F)NCc1cccc(OCC(F)F)c1.I.